The van der Waals surface area contributed by atoms with Crippen molar-refractivity contribution in [3.63, 3.8) is 0 Å². The highest BCUT2D eigenvalue weighted by atomic mass is 32.1. The molecule has 2 aliphatic carbocycles. The standard InChI is InChI=1S/C25H28N4O2S/c1-14-27-23(19-8-9-32-24(19)28-14)31-13-15-2-6-18(20(10-15)16-3-4-16)25(30)29-11-17-5-7-22(26)21(17)12-29/h2,6,8-10,16-17,21-22H,3-5,7,11-13,26H2,1H3. The largest absolute Gasteiger partial charge is 0.472 e. The summed E-state index contributed by atoms with van der Waals surface area (Å²) in [5.41, 5.74) is 9.40. The van der Waals surface area contributed by atoms with Crippen molar-refractivity contribution in [3.05, 3.63) is 52.2 Å². The van der Waals surface area contributed by atoms with Gasteiger partial charge in [0.25, 0.3) is 5.91 Å². The molecule has 6 nitrogen and oxygen atoms in total. The molecule has 0 bridgehead atoms. The highest BCUT2D eigenvalue weighted by Crippen LogP contribution is 2.43. The molecule has 3 aliphatic rings. The van der Waals surface area contributed by atoms with E-state index >= 15 is 0 Å². The third-order valence-corrected chi connectivity index (χ3v) is 8.15. The summed E-state index contributed by atoms with van der Waals surface area (Å²) in [4.78, 5) is 25.4. The number of thiophene rings is 1. The first kappa shape index (κ1) is 20.1. The Morgan fingerprint density at radius 2 is 2.06 bits per heavy atom. The van der Waals surface area contributed by atoms with Gasteiger partial charge in [0.15, 0.2) is 0 Å². The van der Waals surface area contributed by atoms with Gasteiger partial charge in [-0.05, 0) is 79.0 Å². The Morgan fingerprint density at radius 1 is 1.19 bits per heavy atom. The molecule has 1 aliphatic heterocycles. The van der Waals surface area contributed by atoms with Gasteiger partial charge in [-0.25, -0.2) is 4.98 Å². The van der Waals surface area contributed by atoms with Gasteiger partial charge in [0.05, 0.1) is 5.39 Å². The minimum atomic E-state index is 0.173. The molecule has 0 radical (unpaired) electrons. The summed E-state index contributed by atoms with van der Waals surface area (Å²) in [5.74, 6) is 3.06. The van der Waals surface area contributed by atoms with Crippen molar-refractivity contribution >= 4 is 27.5 Å². The van der Waals surface area contributed by atoms with Crippen LogP contribution in [0.3, 0.4) is 0 Å². The van der Waals surface area contributed by atoms with Gasteiger partial charge in [0.1, 0.15) is 17.3 Å². The van der Waals surface area contributed by atoms with Crippen LogP contribution < -0.4 is 10.5 Å². The normalized spacial score (nSPS) is 24.8. The molecule has 3 unspecified atom stereocenters. The molecule has 32 heavy (non-hydrogen) atoms. The fourth-order valence-electron chi connectivity index (χ4n) is 5.46. The van der Waals surface area contributed by atoms with E-state index in [-0.39, 0.29) is 11.9 Å². The molecule has 6 rings (SSSR count). The molecule has 7 heteroatoms. The average molecular weight is 449 g/mol. The summed E-state index contributed by atoms with van der Waals surface area (Å²) in [5, 5.41) is 2.96. The van der Waals surface area contributed by atoms with E-state index in [1.807, 2.05) is 35.4 Å². The van der Waals surface area contributed by atoms with E-state index in [0.717, 1.165) is 60.1 Å². The van der Waals surface area contributed by atoms with Crippen LogP contribution in [0, 0.1) is 18.8 Å². The number of rotatable bonds is 5. The fraction of sp³-hybridized carbons (Fsp3) is 0.480. The molecule has 2 saturated carbocycles. The van der Waals surface area contributed by atoms with Gasteiger partial charge in [-0.1, -0.05) is 12.1 Å². The Balaban J connectivity index is 1.22. The lowest BCUT2D eigenvalue weighted by Crippen LogP contribution is -2.34. The van der Waals surface area contributed by atoms with Crippen molar-refractivity contribution in [2.45, 2.75) is 51.2 Å². The predicted octanol–water partition coefficient (Wildman–Crippen LogP) is 4.27. The van der Waals surface area contributed by atoms with Crippen LogP contribution in [0.2, 0.25) is 0 Å². The number of likely N-dealkylation sites (tertiary alicyclic amines) is 1. The second-order valence-electron chi connectivity index (χ2n) is 9.58. The number of carbonyl (C=O) groups is 1. The average Bonchev–Trinajstić information content (AvgIpc) is 3.21. The van der Waals surface area contributed by atoms with Gasteiger partial charge < -0.3 is 15.4 Å². The molecule has 166 valence electrons. The molecule has 2 N–H and O–H groups in total. The van der Waals surface area contributed by atoms with Gasteiger partial charge in [0, 0.05) is 24.7 Å². The van der Waals surface area contributed by atoms with Crippen LogP contribution in [-0.2, 0) is 6.61 Å². The summed E-state index contributed by atoms with van der Waals surface area (Å²) in [6.07, 6.45) is 4.56. The first-order valence-electron chi connectivity index (χ1n) is 11.6. The highest BCUT2D eigenvalue weighted by Gasteiger charge is 2.43. The van der Waals surface area contributed by atoms with E-state index in [2.05, 4.69) is 16.0 Å². The van der Waals surface area contributed by atoms with E-state index in [1.54, 1.807) is 11.3 Å². The molecule has 3 aromatic rings. The number of benzene rings is 1. The van der Waals surface area contributed by atoms with Crippen molar-refractivity contribution in [3.8, 4) is 5.88 Å². The number of fused-ring (bicyclic) bond motifs is 2. The summed E-state index contributed by atoms with van der Waals surface area (Å²) in [6, 6.07) is 8.46. The maximum absolute atomic E-state index is 13.4. The van der Waals surface area contributed by atoms with Crippen molar-refractivity contribution in [2.24, 2.45) is 17.6 Å². The molecule has 3 fully saturated rings. The summed E-state index contributed by atoms with van der Waals surface area (Å²) in [7, 11) is 0. The number of amides is 1. The van der Waals surface area contributed by atoms with Gasteiger partial charge in [-0.3, -0.25) is 4.79 Å². The third-order valence-electron chi connectivity index (χ3n) is 7.34. The third kappa shape index (κ3) is 3.57. The molecule has 0 spiro atoms. The summed E-state index contributed by atoms with van der Waals surface area (Å²) >= 11 is 1.59. The summed E-state index contributed by atoms with van der Waals surface area (Å²) in [6.45, 7) is 3.98. The second-order valence-corrected chi connectivity index (χ2v) is 10.5. The highest BCUT2D eigenvalue weighted by molar-refractivity contribution is 7.16. The molecule has 3 atom stereocenters. The van der Waals surface area contributed by atoms with Gasteiger partial charge in [0.2, 0.25) is 5.88 Å². The van der Waals surface area contributed by atoms with Crippen LogP contribution in [0.15, 0.2) is 29.6 Å². The number of ether oxygens (including phenoxy) is 1. The van der Waals surface area contributed by atoms with E-state index < -0.39 is 0 Å². The van der Waals surface area contributed by atoms with Crippen LogP contribution in [0.25, 0.3) is 10.2 Å². The van der Waals surface area contributed by atoms with Gasteiger partial charge >= 0.3 is 0 Å². The van der Waals surface area contributed by atoms with Crippen LogP contribution >= 0.6 is 11.3 Å². The molecule has 1 amide bonds. The lowest BCUT2D eigenvalue weighted by atomic mass is 9.98. The zero-order valence-corrected chi connectivity index (χ0v) is 19.1. The Labute approximate surface area is 191 Å². The number of nitrogens with two attached hydrogens (primary N) is 1. The minimum Gasteiger partial charge on any atom is -0.472 e. The van der Waals surface area contributed by atoms with Gasteiger partial charge in [-0.2, -0.15) is 4.98 Å². The quantitative estimate of drug-likeness (QED) is 0.631. The topological polar surface area (TPSA) is 81.3 Å². The number of hydrogen-bond donors (Lipinski definition) is 1. The minimum absolute atomic E-state index is 0.173. The van der Waals surface area contributed by atoms with E-state index in [0.29, 0.717) is 36.1 Å². The second kappa shape index (κ2) is 7.81. The SMILES string of the molecule is Cc1nc(OCc2ccc(C(=O)N3CC4CCC(N)C4C3)c(C3CC3)c2)c2ccsc2n1. The van der Waals surface area contributed by atoms with Crippen molar-refractivity contribution in [1.82, 2.24) is 14.9 Å². The number of carbonyl (C=O) groups excluding carboxylic acids is 1. The molecular formula is C25H28N4O2S. The molecular weight excluding hydrogens is 420 g/mol. The van der Waals surface area contributed by atoms with E-state index in [9.17, 15) is 4.79 Å². The lowest BCUT2D eigenvalue weighted by molar-refractivity contribution is 0.0778. The smallest absolute Gasteiger partial charge is 0.254 e. The molecule has 3 heterocycles. The molecule has 2 aromatic heterocycles. The maximum Gasteiger partial charge on any atom is 0.254 e. The number of aromatic nitrogens is 2. The van der Waals surface area contributed by atoms with Crippen LogP contribution in [-0.4, -0.2) is 39.9 Å². The van der Waals surface area contributed by atoms with Crippen LogP contribution in [0.1, 0.15) is 58.9 Å². The van der Waals surface area contributed by atoms with Crippen LogP contribution in [0.4, 0.5) is 0 Å². The first-order valence-corrected chi connectivity index (χ1v) is 12.5. The lowest BCUT2D eigenvalue weighted by Gasteiger charge is -2.21. The summed E-state index contributed by atoms with van der Waals surface area (Å²) < 4.78 is 6.11. The van der Waals surface area contributed by atoms with Crippen molar-refractivity contribution in [2.75, 3.05) is 13.1 Å². The monoisotopic (exact) mass is 448 g/mol. The maximum atomic E-state index is 13.4. The first-order chi connectivity index (χ1) is 15.6. The predicted molar refractivity (Wildman–Crippen MR) is 125 cm³/mol. The van der Waals surface area contributed by atoms with E-state index in [1.165, 1.54) is 5.56 Å². The Morgan fingerprint density at radius 3 is 2.88 bits per heavy atom. The zero-order valence-electron chi connectivity index (χ0n) is 18.3. The molecule has 1 saturated heterocycles. The van der Waals surface area contributed by atoms with Crippen molar-refractivity contribution in [1.29, 1.82) is 0 Å². The van der Waals surface area contributed by atoms with Crippen LogP contribution in [0.5, 0.6) is 5.88 Å². The van der Waals surface area contributed by atoms with Gasteiger partial charge in [-0.15, -0.1) is 11.3 Å². The Kier molecular flexibility index (Phi) is 4.91. The van der Waals surface area contributed by atoms with Crippen molar-refractivity contribution < 1.29 is 9.53 Å². The number of aryl methyl sites for hydroxylation is 1. The Hall–Kier alpha value is -2.51. The number of nitrogens with zero attached hydrogens (tertiary/aromatic N) is 3. The van der Waals surface area contributed by atoms with E-state index in [4.69, 9.17) is 10.5 Å². The zero-order chi connectivity index (χ0) is 21.8. The number of hydrogen-bond acceptors (Lipinski definition) is 6. The fourth-order valence-corrected chi connectivity index (χ4v) is 6.26. The molecule has 1 aromatic carbocycles. The Bertz CT molecular complexity index is 1190.